The van der Waals surface area contributed by atoms with E-state index >= 15 is 0 Å². The van der Waals surface area contributed by atoms with E-state index in [1.165, 1.54) is 4.31 Å². The number of hydrogen-bond acceptors (Lipinski definition) is 4. The maximum atomic E-state index is 13.6. The highest BCUT2D eigenvalue weighted by Gasteiger charge is 2.34. The van der Waals surface area contributed by atoms with Gasteiger partial charge >= 0.3 is 0 Å². The third-order valence-corrected chi connectivity index (χ3v) is 7.61. The summed E-state index contributed by atoms with van der Waals surface area (Å²) in [5.41, 5.74) is 2.22. The van der Waals surface area contributed by atoms with Crippen LogP contribution >= 0.6 is 11.6 Å². The van der Waals surface area contributed by atoms with Gasteiger partial charge in [0.1, 0.15) is 11.6 Å². The fourth-order valence-corrected chi connectivity index (χ4v) is 5.74. The van der Waals surface area contributed by atoms with Gasteiger partial charge in [0.15, 0.2) is 11.6 Å². The summed E-state index contributed by atoms with van der Waals surface area (Å²) < 4.78 is 59.5. The second-order valence-corrected chi connectivity index (χ2v) is 9.22. The second kappa shape index (κ2) is 7.59. The molecular formula is C19H19ClF2N2O3S. The monoisotopic (exact) mass is 428 g/mol. The number of anilines is 1. The number of ether oxygens (including phenoxy) is 1. The largest absolute Gasteiger partial charge is 0.356 e. The lowest BCUT2D eigenvalue weighted by atomic mass is 10.0. The summed E-state index contributed by atoms with van der Waals surface area (Å²) >= 11 is 5.87. The number of nitrogens with zero attached hydrogens (tertiary/aromatic N) is 2. The van der Waals surface area contributed by atoms with E-state index in [1.807, 2.05) is 24.3 Å². The molecule has 5 nitrogen and oxygen atoms in total. The molecule has 0 unspecified atom stereocenters. The summed E-state index contributed by atoms with van der Waals surface area (Å²) in [7, 11) is -4.00. The molecule has 0 bridgehead atoms. The third-order valence-electron chi connectivity index (χ3n) is 5.25. The predicted molar refractivity (Wildman–Crippen MR) is 102 cm³/mol. The second-order valence-electron chi connectivity index (χ2n) is 6.91. The molecule has 2 aromatic rings. The van der Waals surface area contributed by atoms with Crippen molar-refractivity contribution in [3.63, 3.8) is 0 Å². The third kappa shape index (κ3) is 3.50. The first-order chi connectivity index (χ1) is 13.4. The van der Waals surface area contributed by atoms with E-state index in [0.717, 1.165) is 11.3 Å². The predicted octanol–water partition coefficient (Wildman–Crippen LogP) is 3.77. The SMILES string of the molecule is O=S(=O)(c1cc(F)c(F)cc1Cl)N1CCC(N2COCc3ccccc32)CC1. The van der Waals surface area contributed by atoms with E-state index in [1.54, 1.807) is 0 Å². The van der Waals surface area contributed by atoms with Crippen LogP contribution in [0.3, 0.4) is 0 Å². The van der Waals surface area contributed by atoms with Crippen molar-refractivity contribution in [2.75, 3.05) is 24.7 Å². The molecule has 0 spiro atoms. The van der Waals surface area contributed by atoms with Crippen LogP contribution in [-0.4, -0.2) is 38.6 Å². The molecule has 150 valence electrons. The molecule has 2 heterocycles. The quantitative estimate of drug-likeness (QED) is 0.698. The van der Waals surface area contributed by atoms with E-state index < -0.39 is 26.6 Å². The summed E-state index contributed by atoms with van der Waals surface area (Å²) in [5, 5.41) is -0.320. The molecule has 0 amide bonds. The number of piperidine rings is 1. The van der Waals surface area contributed by atoms with Gasteiger partial charge in [-0.15, -0.1) is 0 Å². The Bertz CT molecular complexity index is 995. The molecule has 4 rings (SSSR count). The Morgan fingerprint density at radius 3 is 2.50 bits per heavy atom. The molecule has 1 fully saturated rings. The van der Waals surface area contributed by atoms with Crippen LogP contribution in [0, 0.1) is 11.6 Å². The van der Waals surface area contributed by atoms with E-state index in [9.17, 15) is 17.2 Å². The van der Waals surface area contributed by atoms with E-state index in [2.05, 4.69) is 4.90 Å². The van der Waals surface area contributed by atoms with Crippen molar-refractivity contribution in [3.8, 4) is 0 Å². The number of fused-ring (bicyclic) bond motifs is 1. The fraction of sp³-hybridized carbons (Fsp3) is 0.368. The van der Waals surface area contributed by atoms with Gasteiger partial charge in [0, 0.05) is 30.4 Å². The first kappa shape index (κ1) is 19.6. The van der Waals surface area contributed by atoms with Crippen molar-refractivity contribution in [2.45, 2.75) is 30.4 Å². The average Bonchev–Trinajstić information content (AvgIpc) is 2.70. The lowest BCUT2D eigenvalue weighted by Gasteiger charge is -2.41. The normalized spacial score (nSPS) is 18.9. The molecule has 0 saturated carbocycles. The number of hydrogen-bond donors (Lipinski definition) is 0. The number of halogens is 3. The topological polar surface area (TPSA) is 49.9 Å². The summed E-state index contributed by atoms with van der Waals surface area (Å²) in [6.45, 7) is 1.56. The van der Waals surface area contributed by atoms with Crippen LogP contribution in [0.25, 0.3) is 0 Å². The molecule has 2 aliphatic rings. The summed E-state index contributed by atoms with van der Waals surface area (Å²) in [4.78, 5) is 1.76. The number of rotatable bonds is 3. The van der Waals surface area contributed by atoms with Gasteiger partial charge in [-0.3, -0.25) is 0 Å². The summed E-state index contributed by atoms with van der Waals surface area (Å²) in [6, 6.07) is 9.47. The zero-order chi connectivity index (χ0) is 19.9. The van der Waals surface area contributed by atoms with Gasteiger partial charge in [0.2, 0.25) is 10.0 Å². The van der Waals surface area contributed by atoms with Gasteiger partial charge in [-0.25, -0.2) is 17.2 Å². The minimum absolute atomic E-state index is 0.133. The van der Waals surface area contributed by atoms with Crippen molar-refractivity contribution >= 4 is 27.3 Å². The number of benzene rings is 2. The van der Waals surface area contributed by atoms with Crippen LogP contribution in [-0.2, 0) is 21.4 Å². The van der Waals surface area contributed by atoms with E-state index in [-0.39, 0.29) is 24.2 Å². The molecule has 0 N–H and O–H groups in total. The fourth-order valence-electron chi connectivity index (χ4n) is 3.77. The zero-order valence-electron chi connectivity index (χ0n) is 14.9. The highest BCUT2D eigenvalue weighted by molar-refractivity contribution is 7.89. The van der Waals surface area contributed by atoms with Crippen molar-refractivity contribution in [2.24, 2.45) is 0 Å². The molecule has 0 aromatic heterocycles. The van der Waals surface area contributed by atoms with Gasteiger partial charge in [-0.1, -0.05) is 29.8 Å². The van der Waals surface area contributed by atoms with Crippen LogP contribution in [0.4, 0.5) is 14.5 Å². The molecule has 0 atom stereocenters. The van der Waals surface area contributed by atoms with Crippen LogP contribution in [0.5, 0.6) is 0 Å². The number of para-hydroxylation sites is 1. The van der Waals surface area contributed by atoms with Crippen LogP contribution in [0.1, 0.15) is 18.4 Å². The van der Waals surface area contributed by atoms with Gasteiger partial charge in [-0.2, -0.15) is 4.31 Å². The van der Waals surface area contributed by atoms with Crippen molar-refractivity contribution in [3.05, 3.63) is 58.6 Å². The van der Waals surface area contributed by atoms with Crippen molar-refractivity contribution < 1.29 is 21.9 Å². The Balaban J connectivity index is 1.51. The highest BCUT2D eigenvalue weighted by Crippen LogP contribution is 2.33. The highest BCUT2D eigenvalue weighted by atomic mass is 35.5. The molecular weight excluding hydrogens is 410 g/mol. The van der Waals surface area contributed by atoms with Gasteiger partial charge in [-0.05, 0) is 31.0 Å². The minimum Gasteiger partial charge on any atom is -0.356 e. The van der Waals surface area contributed by atoms with Crippen LogP contribution in [0.2, 0.25) is 5.02 Å². The van der Waals surface area contributed by atoms with Gasteiger partial charge in [0.25, 0.3) is 0 Å². The lowest BCUT2D eigenvalue weighted by molar-refractivity contribution is 0.0988. The van der Waals surface area contributed by atoms with Gasteiger partial charge < -0.3 is 9.64 Å². The Morgan fingerprint density at radius 2 is 1.75 bits per heavy atom. The molecule has 2 aliphatic heterocycles. The molecule has 0 aliphatic carbocycles. The molecule has 9 heteroatoms. The number of sulfonamides is 1. The zero-order valence-corrected chi connectivity index (χ0v) is 16.5. The lowest BCUT2D eigenvalue weighted by Crippen LogP contribution is -2.48. The Labute approximate surface area is 167 Å². The van der Waals surface area contributed by atoms with Crippen molar-refractivity contribution in [1.82, 2.24) is 4.31 Å². The minimum atomic E-state index is -4.00. The Hall–Kier alpha value is -1.74. The maximum absolute atomic E-state index is 13.6. The molecule has 2 aromatic carbocycles. The molecule has 0 radical (unpaired) electrons. The average molecular weight is 429 g/mol. The smallest absolute Gasteiger partial charge is 0.244 e. The van der Waals surface area contributed by atoms with E-state index in [0.29, 0.717) is 38.3 Å². The summed E-state index contributed by atoms with van der Waals surface area (Å²) in [5.74, 6) is -2.41. The molecule has 1 saturated heterocycles. The maximum Gasteiger partial charge on any atom is 0.244 e. The standard InChI is InChI=1S/C19H19ClF2N2O3S/c20-15-9-16(21)17(22)10-19(15)28(25,26)23-7-5-14(6-8-23)24-12-27-11-13-3-1-2-4-18(13)24/h1-4,9-10,14H,5-8,11-12H2. The Kier molecular flexibility index (Phi) is 5.30. The van der Waals surface area contributed by atoms with Gasteiger partial charge in [0.05, 0.1) is 11.6 Å². The van der Waals surface area contributed by atoms with Crippen LogP contribution in [0.15, 0.2) is 41.3 Å². The van der Waals surface area contributed by atoms with Crippen LogP contribution < -0.4 is 4.90 Å². The summed E-state index contributed by atoms with van der Waals surface area (Å²) in [6.07, 6.45) is 1.19. The first-order valence-electron chi connectivity index (χ1n) is 8.95. The van der Waals surface area contributed by atoms with E-state index in [4.69, 9.17) is 16.3 Å². The van der Waals surface area contributed by atoms with Crippen molar-refractivity contribution in [1.29, 1.82) is 0 Å². The first-order valence-corrected chi connectivity index (χ1v) is 10.8. The Morgan fingerprint density at radius 1 is 1.07 bits per heavy atom. The molecule has 28 heavy (non-hydrogen) atoms.